The maximum absolute atomic E-state index is 9.39. The van der Waals surface area contributed by atoms with Gasteiger partial charge in [0.2, 0.25) is 0 Å². The lowest BCUT2D eigenvalue weighted by Gasteiger charge is -2.10. The van der Waals surface area contributed by atoms with Gasteiger partial charge in [0.05, 0.1) is 12.8 Å². The molecule has 0 atom stereocenters. The average molecular weight is 285 g/mol. The second kappa shape index (κ2) is 7.19. The zero-order valence-electron chi connectivity index (χ0n) is 11.9. The lowest BCUT2D eigenvalue weighted by atomic mass is 10.1. The topological polar surface area (TPSA) is 79.9 Å². The van der Waals surface area contributed by atoms with Crippen molar-refractivity contribution in [3.8, 4) is 11.5 Å². The average Bonchev–Trinajstić information content (AvgIpc) is 2.48. The number of benzene rings is 2. The molecule has 2 rings (SSSR count). The van der Waals surface area contributed by atoms with E-state index in [2.05, 4.69) is 10.3 Å². The molecule has 5 heteroatoms. The van der Waals surface area contributed by atoms with Crippen LogP contribution < -0.4 is 15.8 Å². The van der Waals surface area contributed by atoms with Crippen LogP contribution in [0.5, 0.6) is 11.5 Å². The number of aliphatic imine (C=N–C) groups is 1. The first kappa shape index (κ1) is 14.7. The molecule has 0 saturated heterocycles. The van der Waals surface area contributed by atoms with E-state index in [0.29, 0.717) is 24.7 Å². The Morgan fingerprint density at radius 2 is 2.05 bits per heavy atom. The fourth-order valence-electron chi connectivity index (χ4n) is 1.94. The highest BCUT2D eigenvalue weighted by atomic mass is 16.5. The second-order valence-corrected chi connectivity index (χ2v) is 4.51. The number of aromatic hydroxyl groups is 1. The summed E-state index contributed by atoms with van der Waals surface area (Å²) in [7, 11) is 1.61. The number of anilines is 1. The molecular weight excluding hydrogens is 266 g/mol. The Hall–Kier alpha value is -2.69. The third kappa shape index (κ3) is 4.42. The number of phenols is 1. The van der Waals surface area contributed by atoms with Crippen molar-refractivity contribution >= 4 is 11.6 Å². The SMILES string of the molecule is COc1ccccc1NC(N)=NCCc1cccc(O)c1. The Kier molecular flexibility index (Phi) is 5.04. The van der Waals surface area contributed by atoms with E-state index in [-0.39, 0.29) is 5.75 Å². The number of rotatable bonds is 5. The van der Waals surface area contributed by atoms with E-state index in [4.69, 9.17) is 10.5 Å². The number of nitrogens with two attached hydrogens (primary N) is 1. The zero-order valence-corrected chi connectivity index (χ0v) is 11.9. The van der Waals surface area contributed by atoms with Crippen molar-refractivity contribution in [2.75, 3.05) is 19.0 Å². The van der Waals surface area contributed by atoms with Crippen LogP contribution in [0.25, 0.3) is 0 Å². The molecule has 0 amide bonds. The van der Waals surface area contributed by atoms with Crippen LogP contribution in [0.1, 0.15) is 5.56 Å². The Morgan fingerprint density at radius 3 is 2.81 bits per heavy atom. The summed E-state index contributed by atoms with van der Waals surface area (Å²) in [5.74, 6) is 1.31. The van der Waals surface area contributed by atoms with Gasteiger partial charge in [-0.25, -0.2) is 0 Å². The molecule has 0 fully saturated rings. The summed E-state index contributed by atoms with van der Waals surface area (Å²) in [6, 6.07) is 14.6. The maximum atomic E-state index is 9.39. The van der Waals surface area contributed by atoms with Crippen molar-refractivity contribution in [1.82, 2.24) is 0 Å². The molecule has 0 saturated carbocycles. The number of nitrogens with one attached hydrogen (secondary N) is 1. The van der Waals surface area contributed by atoms with E-state index in [9.17, 15) is 5.11 Å². The Bertz CT molecular complexity index is 626. The van der Waals surface area contributed by atoms with Gasteiger partial charge in [-0.05, 0) is 36.2 Å². The molecule has 0 spiro atoms. The molecule has 0 aliphatic carbocycles. The Morgan fingerprint density at radius 1 is 1.24 bits per heavy atom. The van der Waals surface area contributed by atoms with Crippen LogP contribution in [-0.4, -0.2) is 24.7 Å². The van der Waals surface area contributed by atoms with Gasteiger partial charge in [0.1, 0.15) is 11.5 Å². The van der Waals surface area contributed by atoms with E-state index in [1.54, 1.807) is 19.2 Å². The fraction of sp³-hybridized carbons (Fsp3) is 0.188. The van der Waals surface area contributed by atoms with Gasteiger partial charge in [-0.2, -0.15) is 0 Å². The maximum Gasteiger partial charge on any atom is 0.193 e. The molecule has 0 heterocycles. The molecule has 110 valence electrons. The molecule has 0 radical (unpaired) electrons. The van der Waals surface area contributed by atoms with Gasteiger partial charge in [-0.15, -0.1) is 0 Å². The number of hydrogen-bond acceptors (Lipinski definition) is 3. The van der Waals surface area contributed by atoms with Gasteiger partial charge in [-0.1, -0.05) is 24.3 Å². The zero-order chi connectivity index (χ0) is 15.1. The summed E-state index contributed by atoms with van der Waals surface area (Å²) in [4.78, 5) is 4.27. The van der Waals surface area contributed by atoms with Crippen LogP contribution in [0.3, 0.4) is 0 Å². The number of phenolic OH excluding ortho intramolecular Hbond substituents is 1. The highest BCUT2D eigenvalue weighted by Crippen LogP contribution is 2.22. The monoisotopic (exact) mass is 285 g/mol. The lowest BCUT2D eigenvalue weighted by Crippen LogP contribution is -2.23. The first-order valence-electron chi connectivity index (χ1n) is 6.67. The standard InChI is InChI=1S/C16H19N3O2/c1-21-15-8-3-2-7-14(15)19-16(17)18-10-9-12-5-4-6-13(20)11-12/h2-8,11,20H,9-10H2,1H3,(H3,17,18,19). The predicted molar refractivity (Wildman–Crippen MR) is 84.9 cm³/mol. The number of ether oxygens (including phenoxy) is 1. The summed E-state index contributed by atoms with van der Waals surface area (Å²) >= 11 is 0. The highest BCUT2D eigenvalue weighted by Gasteiger charge is 2.02. The van der Waals surface area contributed by atoms with Gasteiger partial charge in [0, 0.05) is 6.54 Å². The molecule has 0 aromatic heterocycles. The first-order chi connectivity index (χ1) is 10.2. The molecule has 2 aromatic rings. The Balaban J connectivity index is 1.92. The molecule has 0 unspecified atom stereocenters. The highest BCUT2D eigenvalue weighted by molar-refractivity contribution is 5.93. The fourth-order valence-corrected chi connectivity index (χ4v) is 1.94. The van der Waals surface area contributed by atoms with Crippen LogP contribution in [-0.2, 0) is 6.42 Å². The smallest absolute Gasteiger partial charge is 0.193 e. The molecule has 0 aliphatic heterocycles. The summed E-state index contributed by atoms with van der Waals surface area (Å²) in [5.41, 5.74) is 7.65. The normalized spacial score (nSPS) is 11.2. The number of hydrogen-bond donors (Lipinski definition) is 3. The van der Waals surface area contributed by atoms with Gasteiger partial charge in [0.25, 0.3) is 0 Å². The van der Waals surface area contributed by atoms with Crippen molar-refractivity contribution < 1.29 is 9.84 Å². The Labute approximate surface area is 124 Å². The van der Waals surface area contributed by atoms with E-state index in [0.717, 1.165) is 11.3 Å². The largest absolute Gasteiger partial charge is 0.508 e. The summed E-state index contributed by atoms with van der Waals surface area (Å²) in [6.07, 6.45) is 0.711. The summed E-state index contributed by atoms with van der Waals surface area (Å²) in [5, 5.41) is 12.4. The summed E-state index contributed by atoms with van der Waals surface area (Å²) in [6.45, 7) is 0.539. The van der Waals surface area contributed by atoms with Gasteiger partial charge >= 0.3 is 0 Å². The van der Waals surface area contributed by atoms with Gasteiger partial charge in [-0.3, -0.25) is 4.99 Å². The van der Waals surface area contributed by atoms with Gasteiger partial charge < -0.3 is 20.9 Å². The van der Waals surface area contributed by atoms with E-state index in [1.165, 1.54) is 0 Å². The number of nitrogens with zero attached hydrogens (tertiary/aromatic N) is 1. The minimum atomic E-state index is 0.261. The van der Waals surface area contributed by atoms with Crippen LogP contribution in [0.4, 0.5) is 5.69 Å². The third-order valence-corrected chi connectivity index (χ3v) is 2.96. The molecular formula is C16H19N3O2. The molecule has 0 aliphatic rings. The number of para-hydroxylation sites is 2. The predicted octanol–water partition coefficient (Wildman–Crippen LogP) is 2.37. The lowest BCUT2D eigenvalue weighted by molar-refractivity contribution is 0.417. The van der Waals surface area contributed by atoms with Crippen LogP contribution in [0.15, 0.2) is 53.5 Å². The van der Waals surface area contributed by atoms with E-state index < -0.39 is 0 Å². The van der Waals surface area contributed by atoms with Crippen LogP contribution >= 0.6 is 0 Å². The number of guanidine groups is 1. The summed E-state index contributed by atoms with van der Waals surface area (Å²) < 4.78 is 5.23. The van der Waals surface area contributed by atoms with Gasteiger partial charge in [0.15, 0.2) is 5.96 Å². The minimum Gasteiger partial charge on any atom is -0.508 e. The van der Waals surface area contributed by atoms with Crippen LogP contribution in [0, 0.1) is 0 Å². The van der Waals surface area contributed by atoms with Crippen molar-refractivity contribution in [2.24, 2.45) is 10.7 Å². The van der Waals surface area contributed by atoms with Crippen molar-refractivity contribution in [3.05, 3.63) is 54.1 Å². The molecule has 4 N–H and O–H groups in total. The first-order valence-corrected chi connectivity index (χ1v) is 6.67. The molecule has 21 heavy (non-hydrogen) atoms. The minimum absolute atomic E-state index is 0.261. The van der Waals surface area contributed by atoms with E-state index in [1.807, 2.05) is 36.4 Å². The third-order valence-electron chi connectivity index (χ3n) is 2.96. The molecule has 2 aromatic carbocycles. The molecule has 5 nitrogen and oxygen atoms in total. The van der Waals surface area contributed by atoms with Crippen molar-refractivity contribution in [3.63, 3.8) is 0 Å². The van der Waals surface area contributed by atoms with Crippen LogP contribution in [0.2, 0.25) is 0 Å². The number of methoxy groups -OCH3 is 1. The van der Waals surface area contributed by atoms with Crippen molar-refractivity contribution in [1.29, 1.82) is 0 Å². The quantitative estimate of drug-likeness (QED) is 0.582. The van der Waals surface area contributed by atoms with E-state index >= 15 is 0 Å². The second-order valence-electron chi connectivity index (χ2n) is 4.51. The van der Waals surface area contributed by atoms with Crippen molar-refractivity contribution in [2.45, 2.75) is 6.42 Å². The molecule has 0 bridgehead atoms.